The van der Waals surface area contributed by atoms with Crippen LogP contribution < -0.4 is 0 Å². The summed E-state index contributed by atoms with van der Waals surface area (Å²) in [6.45, 7) is 5.47. The molecule has 0 amide bonds. The van der Waals surface area contributed by atoms with Crippen molar-refractivity contribution in [3.05, 3.63) is 29.6 Å². The first-order valence-corrected chi connectivity index (χ1v) is 6.17. The average molecular weight is 250 g/mol. The van der Waals surface area contributed by atoms with Gasteiger partial charge in [0.2, 0.25) is 0 Å². The molecule has 1 aliphatic rings. The fraction of sp³-hybridized carbons (Fsp3) is 0.538. The zero-order valence-corrected chi connectivity index (χ0v) is 10.5. The first-order valence-electron chi connectivity index (χ1n) is 6.17. The first kappa shape index (κ1) is 13.0. The van der Waals surface area contributed by atoms with Gasteiger partial charge in [-0.25, -0.2) is 9.78 Å². The zero-order valence-electron chi connectivity index (χ0n) is 10.5. The molecule has 1 atom stereocenters. The number of carboxylic acids is 1. The molecule has 0 bridgehead atoms. The van der Waals surface area contributed by atoms with E-state index in [0.717, 1.165) is 38.2 Å². The predicted molar refractivity (Wildman–Crippen MR) is 66.5 cm³/mol. The summed E-state index contributed by atoms with van der Waals surface area (Å²) in [5.74, 6) is -0.982. The Morgan fingerprint density at radius 1 is 1.67 bits per heavy atom. The molecular weight excluding hydrogens is 232 g/mol. The Balaban J connectivity index is 2.03. The molecule has 0 aromatic carbocycles. The van der Waals surface area contributed by atoms with E-state index in [-0.39, 0.29) is 11.8 Å². The maximum absolute atomic E-state index is 10.9. The minimum absolute atomic E-state index is 0.103. The quantitative estimate of drug-likeness (QED) is 0.878. The average Bonchev–Trinajstić information content (AvgIpc) is 2.54. The van der Waals surface area contributed by atoms with Gasteiger partial charge in [-0.05, 0) is 31.0 Å². The summed E-state index contributed by atoms with van der Waals surface area (Å²) in [7, 11) is 0. The molecule has 2 heterocycles. The Bertz CT molecular complexity index is 422. The third-order valence-corrected chi connectivity index (χ3v) is 2.99. The minimum Gasteiger partial charge on any atom is -0.477 e. The summed E-state index contributed by atoms with van der Waals surface area (Å²) in [4.78, 5) is 17.0. The molecule has 1 aliphatic heterocycles. The summed E-state index contributed by atoms with van der Waals surface area (Å²) in [5.41, 5.74) is 1.09. The van der Waals surface area contributed by atoms with Gasteiger partial charge in [-0.2, -0.15) is 0 Å². The molecule has 18 heavy (non-hydrogen) atoms. The molecular formula is C13H18N2O3. The smallest absolute Gasteiger partial charge is 0.354 e. The number of nitrogens with zero attached hydrogens (tertiary/aromatic N) is 2. The van der Waals surface area contributed by atoms with E-state index in [0.29, 0.717) is 0 Å². The molecule has 1 aromatic heterocycles. The third kappa shape index (κ3) is 3.51. The van der Waals surface area contributed by atoms with Gasteiger partial charge in [-0.1, -0.05) is 0 Å². The van der Waals surface area contributed by atoms with E-state index in [4.69, 9.17) is 9.84 Å². The lowest BCUT2D eigenvalue weighted by atomic mass is 10.2. The van der Waals surface area contributed by atoms with E-state index in [9.17, 15) is 4.79 Å². The van der Waals surface area contributed by atoms with Crippen LogP contribution in [0.1, 0.15) is 29.4 Å². The van der Waals surface area contributed by atoms with Crippen molar-refractivity contribution < 1.29 is 14.6 Å². The molecule has 0 aliphatic carbocycles. The van der Waals surface area contributed by atoms with Crippen LogP contribution in [0.15, 0.2) is 18.3 Å². The molecule has 5 heteroatoms. The molecule has 0 radical (unpaired) electrons. The van der Waals surface area contributed by atoms with Crippen LogP contribution in [-0.4, -0.2) is 46.8 Å². The van der Waals surface area contributed by atoms with Gasteiger partial charge in [-0.3, -0.25) is 4.90 Å². The number of aromatic nitrogens is 1. The first-order chi connectivity index (χ1) is 8.65. The van der Waals surface area contributed by atoms with Crippen molar-refractivity contribution in [3.63, 3.8) is 0 Å². The minimum atomic E-state index is -0.982. The predicted octanol–water partition coefficient (Wildman–Crippen LogP) is 1.39. The van der Waals surface area contributed by atoms with E-state index >= 15 is 0 Å². The number of carbonyl (C=O) groups is 1. The second-order valence-electron chi connectivity index (χ2n) is 4.62. The number of ether oxygens (including phenoxy) is 1. The van der Waals surface area contributed by atoms with Crippen molar-refractivity contribution in [2.45, 2.75) is 26.0 Å². The Morgan fingerprint density at radius 3 is 3.28 bits per heavy atom. The second-order valence-corrected chi connectivity index (χ2v) is 4.62. The molecule has 1 saturated heterocycles. The summed E-state index contributed by atoms with van der Waals surface area (Å²) < 4.78 is 5.58. The standard InChI is InChI=1S/C13H18N2O3/c1-10-8-15(5-2-6-18-10)9-11-3-4-14-12(7-11)13(16)17/h3-4,7,10H,2,5-6,8-9H2,1H3,(H,16,17). The van der Waals surface area contributed by atoms with Gasteiger partial charge in [0.1, 0.15) is 5.69 Å². The van der Waals surface area contributed by atoms with E-state index in [2.05, 4.69) is 16.8 Å². The van der Waals surface area contributed by atoms with Gasteiger partial charge in [0.25, 0.3) is 0 Å². The Labute approximate surface area is 106 Å². The van der Waals surface area contributed by atoms with Crippen molar-refractivity contribution >= 4 is 5.97 Å². The topological polar surface area (TPSA) is 62.7 Å². The van der Waals surface area contributed by atoms with E-state index in [1.807, 2.05) is 6.07 Å². The van der Waals surface area contributed by atoms with Crippen LogP contribution in [0.2, 0.25) is 0 Å². The van der Waals surface area contributed by atoms with Gasteiger partial charge in [-0.15, -0.1) is 0 Å². The van der Waals surface area contributed by atoms with Gasteiger partial charge in [0.15, 0.2) is 0 Å². The Kier molecular flexibility index (Phi) is 4.28. The van der Waals surface area contributed by atoms with E-state index in [1.54, 1.807) is 12.3 Å². The van der Waals surface area contributed by atoms with Crippen LogP contribution in [0, 0.1) is 0 Å². The molecule has 0 saturated carbocycles. The molecule has 5 nitrogen and oxygen atoms in total. The lowest BCUT2D eigenvalue weighted by Crippen LogP contribution is -2.29. The summed E-state index contributed by atoms with van der Waals surface area (Å²) >= 11 is 0. The van der Waals surface area contributed by atoms with E-state index < -0.39 is 5.97 Å². The summed E-state index contributed by atoms with van der Waals surface area (Å²) in [6, 6.07) is 3.50. The van der Waals surface area contributed by atoms with Crippen molar-refractivity contribution in [3.8, 4) is 0 Å². The van der Waals surface area contributed by atoms with Crippen LogP contribution in [0.5, 0.6) is 0 Å². The largest absolute Gasteiger partial charge is 0.477 e. The van der Waals surface area contributed by atoms with Gasteiger partial charge in [0, 0.05) is 32.4 Å². The van der Waals surface area contributed by atoms with Crippen molar-refractivity contribution in [1.82, 2.24) is 9.88 Å². The SMILES string of the molecule is CC1CN(Cc2ccnc(C(=O)O)c2)CCCO1. The highest BCUT2D eigenvalue weighted by Crippen LogP contribution is 2.11. The van der Waals surface area contributed by atoms with Crippen LogP contribution >= 0.6 is 0 Å². The van der Waals surface area contributed by atoms with Gasteiger partial charge < -0.3 is 9.84 Å². The highest BCUT2D eigenvalue weighted by Gasteiger charge is 2.15. The molecule has 1 N–H and O–H groups in total. The lowest BCUT2D eigenvalue weighted by molar-refractivity contribution is 0.0664. The monoisotopic (exact) mass is 250 g/mol. The van der Waals surface area contributed by atoms with Gasteiger partial charge >= 0.3 is 5.97 Å². The van der Waals surface area contributed by atoms with E-state index in [1.165, 1.54) is 0 Å². The highest BCUT2D eigenvalue weighted by molar-refractivity contribution is 5.85. The van der Waals surface area contributed by atoms with Crippen LogP contribution in [-0.2, 0) is 11.3 Å². The van der Waals surface area contributed by atoms with Gasteiger partial charge in [0.05, 0.1) is 6.10 Å². The second kappa shape index (κ2) is 5.93. The highest BCUT2D eigenvalue weighted by atomic mass is 16.5. The van der Waals surface area contributed by atoms with Crippen LogP contribution in [0.25, 0.3) is 0 Å². The van der Waals surface area contributed by atoms with Crippen molar-refractivity contribution in [1.29, 1.82) is 0 Å². The van der Waals surface area contributed by atoms with Crippen molar-refractivity contribution in [2.75, 3.05) is 19.7 Å². The molecule has 2 rings (SSSR count). The zero-order chi connectivity index (χ0) is 13.0. The lowest BCUT2D eigenvalue weighted by Gasteiger charge is -2.21. The van der Waals surface area contributed by atoms with Crippen LogP contribution in [0.4, 0.5) is 0 Å². The van der Waals surface area contributed by atoms with Crippen LogP contribution in [0.3, 0.4) is 0 Å². The molecule has 98 valence electrons. The summed E-state index contributed by atoms with van der Waals surface area (Å²) in [6.07, 6.45) is 2.80. The number of hydrogen-bond acceptors (Lipinski definition) is 4. The summed E-state index contributed by atoms with van der Waals surface area (Å²) in [5, 5.41) is 8.91. The molecule has 1 unspecified atom stereocenters. The normalized spacial score (nSPS) is 21.5. The maximum Gasteiger partial charge on any atom is 0.354 e. The third-order valence-electron chi connectivity index (χ3n) is 2.99. The van der Waals surface area contributed by atoms with Crippen molar-refractivity contribution in [2.24, 2.45) is 0 Å². The molecule has 1 fully saturated rings. The Hall–Kier alpha value is -1.46. The number of carboxylic acid groups (broad SMARTS) is 1. The number of aromatic carboxylic acids is 1. The number of rotatable bonds is 3. The fourth-order valence-corrected chi connectivity index (χ4v) is 2.17. The maximum atomic E-state index is 10.9. The number of hydrogen-bond donors (Lipinski definition) is 1. The Morgan fingerprint density at radius 2 is 2.50 bits per heavy atom. The fourth-order valence-electron chi connectivity index (χ4n) is 2.17. The molecule has 0 spiro atoms. The molecule has 1 aromatic rings. The number of pyridine rings is 1.